The molecule has 15 heavy (non-hydrogen) atoms. The Morgan fingerprint density at radius 3 is 2.53 bits per heavy atom. The molecule has 0 bridgehead atoms. The van der Waals surface area contributed by atoms with Crippen molar-refractivity contribution in [3.8, 4) is 0 Å². The minimum Gasteiger partial charge on any atom is -0.299 e. The summed E-state index contributed by atoms with van der Waals surface area (Å²) in [5.74, 6) is 0. The van der Waals surface area contributed by atoms with Crippen LogP contribution in [0.15, 0.2) is 11.4 Å². The molecule has 2 rings (SSSR count). The van der Waals surface area contributed by atoms with Crippen LogP contribution in [0.25, 0.3) is 0 Å². The highest BCUT2D eigenvalue weighted by atomic mass is 32.1. The van der Waals surface area contributed by atoms with Gasteiger partial charge < -0.3 is 0 Å². The van der Waals surface area contributed by atoms with Crippen molar-refractivity contribution in [1.82, 2.24) is 5.32 Å². The maximum Gasteiger partial charge on any atom is 0.406 e. The molecule has 0 unspecified atom stereocenters. The highest BCUT2D eigenvalue weighted by Gasteiger charge is 2.62. The topological polar surface area (TPSA) is 12.0 Å². The summed E-state index contributed by atoms with van der Waals surface area (Å²) < 4.78 is 37.7. The summed E-state index contributed by atoms with van der Waals surface area (Å²) in [5, 5.41) is 4.54. The number of halogens is 3. The van der Waals surface area contributed by atoms with Crippen LogP contribution in [-0.2, 0) is 6.54 Å². The predicted molar refractivity (Wildman–Crippen MR) is 53.9 cm³/mol. The normalized spacial score (nSPS) is 19.2. The van der Waals surface area contributed by atoms with Gasteiger partial charge in [0.05, 0.1) is 0 Å². The molecule has 1 aliphatic carbocycles. The Labute approximate surface area is 90.3 Å². The van der Waals surface area contributed by atoms with E-state index in [1.807, 2.05) is 18.4 Å². The van der Waals surface area contributed by atoms with Crippen LogP contribution in [-0.4, -0.2) is 11.7 Å². The van der Waals surface area contributed by atoms with E-state index < -0.39 is 11.7 Å². The number of hydrogen-bond acceptors (Lipinski definition) is 2. The van der Waals surface area contributed by atoms with Gasteiger partial charge in [-0.3, -0.25) is 5.32 Å². The van der Waals surface area contributed by atoms with Gasteiger partial charge in [0.15, 0.2) is 0 Å². The fraction of sp³-hybridized carbons (Fsp3) is 0.600. The summed E-state index contributed by atoms with van der Waals surface area (Å²) >= 11 is 1.50. The monoisotopic (exact) mass is 235 g/mol. The first kappa shape index (κ1) is 11.0. The largest absolute Gasteiger partial charge is 0.406 e. The first-order chi connectivity index (χ1) is 6.95. The Bertz CT molecular complexity index is 352. The number of alkyl halides is 3. The molecule has 0 aliphatic heterocycles. The van der Waals surface area contributed by atoms with Gasteiger partial charge in [-0.1, -0.05) is 0 Å². The SMILES string of the molecule is Cc1ccsc1CNC1(C(F)(F)F)CC1. The molecule has 1 saturated carbocycles. The third-order valence-electron chi connectivity index (χ3n) is 2.85. The molecule has 0 saturated heterocycles. The summed E-state index contributed by atoms with van der Waals surface area (Å²) in [5.41, 5.74) is -0.533. The molecule has 1 heterocycles. The highest BCUT2D eigenvalue weighted by molar-refractivity contribution is 7.10. The van der Waals surface area contributed by atoms with Crippen LogP contribution < -0.4 is 5.32 Å². The predicted octanol–water partition coefficient (Wildman–Crippen LogP) is 3.24. The zero-order valence-corrected chi connectivity index (χ0v) is 9.13. The molecule has 1 N–H and O–H groups in total. The molecule has 0 spiro atoms. The smallest absolute Gasteiger partial charge is 0.299 e. The fourth-order valence-electron chi connectivity index (χ4n) is 1.52. The van der Waals surface area contributed by atoms with Crippen LogP contribution in [0.3, 0.4) is 0 Å². The molecule has 1 aromatic rings. The van der Waals surface area contributed by atoms with Crippen LogP contribution in [0, 0.1) is 6.92 Å². The molecule has 1 aliphatic rings. The first-order valence-corrected chi connectivity index (χ1v) is 5.67. The summed E-state index contributed by atoms with van der Waals surface area (Å²) in [6.07, 6.45) is -3.69. The van der Waals surface area contributed by atoms with Crippen LogP contribution in [0.2, 0.25) is 0 Å². The van der Waals surface area contributed by atoms with Gasteiger partial charge in [-0.15, -0.1) is 11.3 Å². The number of aryl methyl sites for hydroxylation is 1. The van der Waals surface area contributed by atoms with Gasteiger partial charge >= 0.3 is 6.18 Å². The van der Waals surface area contributed by atoms with E-state index >= 15 is 0 Å². The van der Waals surface area contributed by atoms with Crippen molar-refractivity contribution >= 4 is 11.3 Å². The lowest BCUT2D eigenvalue weighted by atomic mass is 10.2. The molecule has 5 heteroatoms. The van der Waals surface area contributed by atoms with E-state index in [1.54, 1.807) is 0 Å². The average molecular weight is 235 g/mol. The lowest BCUT2D eigenvalue weighted by Gasteiger charge is -2.20. The standard InChI is InChI=1S/C10H12F3NS/c1-7-2-5-15-8(7)6-14-9(3-4-9)10(11,12)13/h2,5,14H,3-4,6H2,1H3. The Morgan fingerprint density at radius 1 is 1.47 bits per heavy atom. The molecule has 1 aromatic heterocycles. The van der Waals surface area contributed by atoms with Crippen LogP contribution >= 0.6 is 11.3 Å². The van der Waals surface area contributed by atoms with Crippen molar-refractivity contribution < 1.29 is 13.2 Å². The molecule has 84 valence electrons. The third kappa shape index (κ3) is 2.03. The number of rotatable bonds is 3. The van der Waals surface area contributed by atoms with E-state index in [4.69, 9.17) is 0 Å². The zero-order valence-electron chi connectivity index (χ0n) is 8.32. The third-order valence-corrected chi connectivity index (χ3v) is 3.87. The van der Waals surface area contributed by atoms with Gasteiger partial charge in [0, 0.05) is 11.4 Å². The second-order valence-corrected chi connectivity index (χ2v) is 4.96. The summed E-state index contributed by atoms with van der Waals surface area (Å²) in [6, 6.07) is 1.93. The van der Waals surface area contributed by atoms with Gasteiger partial charge in [-0.25, -0.2) is 0 Å². The number of thiophene rings is 1. The minimum absolute atomic E-state index is 0.209. The van der Waals surface area contributed by atoms with Crippen molar-refractivity contribution in [3.63, 3.8) is 0 Å². The molecule has 1 nitrogen and oxygen atoms in total. The van der Waals surface area contributed by atoms with Gasteiger partial charge in [-0.05, 0) is 36.8 Å². The van der Waals surface area contributed by atoms with Crippen molar-refractivity contribution in [3.05, 3.63) is 21.9 Å². The Kier molecular flexibility index (Phi) is 2.55. The van der Waals surface area contributed by atoms with Gasteiger partial charge in [0.25, 0.3) is 0 Å². The second kappa shape index (κ2) is 3.49. The molecule has 0 amide bonds. The lowest BCUT2D eigenvalue weighted by molar-refractivity contribution is -0.166. The quantitative estimate of drug-likeness (QED) is 0.848. The van der Waals surface area contributed by atoms with Crippen LogP contribution in [0.5, 0.6) is 0 Å². The number of hydrogen-bond donors (Lipinski definition) is 1. The maximum atomic E-state index is 12.6. The Balaban J connectivity index is 1.97. The van der Waals surface area contributed by atoms with Crippen LogP contribution in [0.1, 0.15) is 23.3 Å². The first-order valence-electron chi connectivity index (χ1n) is 4.79. The van der Waals surface area contributed by atoms with Gasteiger partial charge in [0.2, 0.25) is 0 Å². The van der Waals surface area contributed by atoms with Crippen molar-refractivity contribution in [2.75, 3.05) is 0 Å². The van der Waals surface area contributed by atoms with E-state index in [9.17, 15) is 13.2 Å². The van der Waals surface area contributed by atoms with Gasteiger partial charge in [-0.2, -0.15) is 13.2 Å². The molecule has 1 fully saturated rings. The summed E-state index contributed by atoms with van der Waals surface area (Å²) in [7, 11) is 0. The summed E-state index contributed by atoms with van der Waals surface area (Å²) in [6.45, 7) is 2.24. The highest BCUT2D eigenvalue weighted by Crippen LogP contribution is 2.49. The summed E-state index contributed by atoms with van der Waals surface area (Å²) in [4.78, 5) is 0.991. The van der Waals surface area contributed by atoms with E-state index in [0.29, 0.717) is 6.54 Å². The second-order valence-electron chi connectivity index (χ2n) is 3.96. The van der Waals surface area contributed by atoms with E-state index in [0.717, 1.165) is 10.4 Å². The lowest BCUT2D eigenvalue weighted by Crippen LogP contribution is -2.44. The van der Waals surface area contributed by atoms with E-state index in [2.05, 4.69) is 5.32 Å². The fourth-order valence-corrected chi connectivity index (χ4v) is 2.37. The van der Waals surface area contributed by atoms with Crippen molar-refractivity contribution in [1.29, 1.82) is 0 Å². The van der Waals surface area contributed by atoms with Crippen molar-refractivity contribution in [2.45, 2.75) is 38.0 Å². The Morgan fingerprint density at radius 2 is 2.13 bits per heavy atom. The molecule has 0 aromatic carbocycles. The van der Waals surface area contributed by atoms with E-state index in [1.165, 1.54) is 11.3 Å². The maximum absolute atomic E-state index is 12.6. The molecule has 0 atom stereocenters. The zero-order chi connectivity index (χ0) is 11.1. The molecular formula is C10H12F3NS. The van der Waals surface area contributed by atoms with Crippen molar-refractivity contribution in [2.24, 2.45) is 0 Å². The minimum atomic E-state index is -4.11. The van der Waals surface area contributed by atoms with E-state index in [-0.39, 0.29) is 12.8 Å². The average Bonchev–Trinajstić information content (AvgIpc) is 2.82. The molecular weight excluding hydrogens is 223 g/mol. The van der Waals surface area contributed by atoms with Gasteiger partial charge in [0.1, 0.15) is 5.54 Å². The Hall–Kier alpha value is -0.550. The number of nitrogens with one attached hydrogen (secondary N) is 1. The van der Waals surface area contributed by atoms with Crippen LogP contribution in [0.4, 0.5) is 13.2 Å². The molecule has 0 radical (unpaired) electrons.